The van der Waals surface area contributed by atoms with Crippen LogP contribution in [0.3, 0.4) is 0 Å². The van der Waals surface area contributed by atoms with Crippen molar-refractivity contribution >= 4 is 32.7 Å². The Morgan fingerprint density at radius 3 is 2.49 bits per heavy atom. The Kier molecular flexibility index (Phi) is 7.62. The standard InChI is InChI=1S/C24H28ClN9O4S/c1-4-17-20-21(31-34(17)19-12-18(25)27-14-28-19)23(35)30-22(29-20)16-11-15(13-26-24(16)38-6-3)39(36,37)33-9-7-32(5-2)8-10-33/h11-14H,4-10H2,1-3H3,(H,29,30,35). The second kappa shape index (κ2) is 11.0. The van der Waals surface area contributed by atoms with Crippen molar-refractivity contribution in [1.29, 1.82) is 0 Å². The number of sulfonamides is 1. The lowest BCUT2D eigenvalue weighted by molar-refractivity contribution is 0.196. The molecule has 0 saturated carbocycles. The van der Waals surface area contributed by atoms with Crippen molar-refractivity contribution in [2.24, 2.45) is 0 Å². The minimum Gasteiger partial charge on any atom is -0.477 e. The first kappa shape index (κ1) is 27.1. The van der Waals surface area contributed by atoms with Crippen molar-refractivity contribution in [3.05, 3.63) is 45.9 Å². The van der Waals surface area contributed by atoms with E-state index in [-0.39, 0.29) is 39.4 Å². The van der Waals surface area contributed by atoms with Gasteiger partial charge in [0.05, 0.1) is 24.1 Å². The van der Waals surface area contributed by atoms with Crippen LogP contribution in [0.2, 0.25) is 5.15 Å². The highest BCUT2D eigenvalue weighted by molar-refractivity contribution is 7.89. The molecule has 0 unspecified atom stereocenters. The molecule has 13 nitrogen and oxygen atoms in total. The van der Waals surface area contributed by atoms with Crippen molar-refractivity contribution in [1.82, 2.24) is 43.9 Å². The monoisotopic (exact) mass is 573 g/mol. The van der Waals surface area contributed by atoms with E-state index < -0.39 is 15.6 Å². The number of hydrogen-bond acceptors (Lipinski definition) is 10. The van der Waals surface area contributed by atoms with Crippen molar-refractivity contribution in [3.8, 4) is 23.1 Å². The summed E-state index contributed by atoms with van der Waals surface area (Å²) in [5.74, 6) is 0.660. The van der Waals surface area contributed by atoms with Gasteiger partial charge in [0, 0.05) is 32.2 Å². The van der Waals surface area contributed by atoms with Gasteiger partial charge in [0.15, 0.2) is 11.3 Å². The molecule has 1 N–H and O–H groups in total. The Bertz CT molecular complexity index is 1680. The Morgan fingerprint density at radius 2 is 1.82 bits per heavy atom. The van der Waals surface area contributed by atoms with E-state index in [1.807, 2.05) is 13.8 Å². The molecule has 206 valence electrons. The van der Waals surface area contributed by atoms with Crippen LogP contribution in [0, 0.1) is 0 Å². The lowest BCUT2D eigenvalue weighted by Crippen LogP contribution is -2.48. The van der Waals surface area contributed by atoms with Gasteiger partial charge in [0.1, 0.15) is 27.7 Å². The number of aromatic nitrogens is 7. The number of nitrogens with zero attached hydrogens (tertiary/aromatic N) is 8. The highest BCUT2D eigenvalue weighted by Gasteiger charge is 2.30. The minimum atomic E-state index is -3.83. The molecule has 1 fully saturated rings. The molecule has 39 heavy (non-hydrogen) atoms. The number of likely N-dealkylation sites (N-methyl/N-ethyl adjacent to an activating group) is 1. The average Bonchev–Trinajstić information content (AvgIpc) is 3.32. The van der Waals surface area contributed by atoms with E-state index in [4.69, 9.17) is 21.3 Å². The topological polar surface area (TPSA) is 152 Å². The van der Waals surface area contributed by atoms with Crippen LogP contribution in [-0.4, -0.2) is 91.7 Å². The molecule has 0 amide bonds. The predicted octanol–water partition coefficient (Wildman–Crippen LogP) is 1.90. The van der Waals surface area contributed by atoms with Crippen molar-refractivity contribution < 1.29 is 13.2 Å². The number of H-pyrrole nitrogens is 1. The molecule has 1 aliphatic rings. The number of ether oxygens (including phenoxy) is 1. The third-order valence-electron chi connectivity index (χ3n) is 6.57. The van der Waals surface area contributed by atoms with Gasteiger partial charge in [-0.1, -0.05) is 25.4 Å². The van der Waals surface area contributed by atoms with Gasteiger partial charge < -0.3 is 14.6 Å². The van der Waals surface area contributed by atoms with Gasteiger partial charge in [-0.05, 0) is 26.0 Å². The minimum absolute atomic E-state index is 0.00400. The number of aryl methyl sites for hydroxylation is 1. The van der Waals surface area contributed by atoms with E-state index in [0.29, 0.717) is 49.6 Å². The Hall–Kier alpha value is -3.46. The number of rotatable bonds is 8. The van der Waals surface area contributed by atoms with Crippen LogP contribution in [-0.2, 0) is 16.4 Å². The SMILES string of the molecule is CCOc1ncc(S(=O)(=O)N2CCN(CC)CC2)cc1-c1nc2c(CC)n(-c3cc(Cl)ncn3)nc2c(=O)[nH]1. The summed E-state index contributed by atoms with van der Waals surface area (Å²) in [4.78, 5) is 35.2. The van der Waals surface area contributed by atoms with Crippen LogP contribution in [0.15, 0.2) is 34.3 Å². The number of nitrogens with one attached hydrogen (secondary N) is 1. The molecule has 0 aliphatic carbocycles. The first-order valence-corrected chi connectivity index (χ1v) is 14.4. The van der Waals surface area contributed by atoms with Crippen molar-refractivity contribution in [2.45, 2.75) is 32.1 Å². The summed E-state index contributed by atoms with van der Waals surface area (Å²) in [6, 6.07) is 2.98. The zero-order valence-corrected chi connectivity index (χ0v) is 23.3. The first-order valence-electron chi connectivity index (χ1n) is 12.6. The molecule has 0 spiro atoms. The third kappa shape index (κ3) is 5.12. The first-order chi connectivity index (χ1) is 18.8. The molecule has 1 saturated heterocycles. The van der Waals surface area contributed by atoms with Gasteiger partial charge in [-0.25, -0.2) is 33.0 Å². The number of pyridine rings is 1. The molecule has 5 rings (SSSR count). The van der Waals surface area contributed by atoms with E-state index in [1.165, 1.54) is 33.6 Å². The number of fused-ring (bicyclic) bond motifs is 1. The van der Waals surface area contributed by atoms with Crippen LogP contribution < -0.4 is 10.3 Å². The van der Waals surface area contributed by atoms with E-state index in [1.54, 1.807) is 6.92 Å². The van der Waals surface area contributed by atoms with E-state index in [0.717, 1.165) is 6.54 Å². The van der Waals surface area contributed by atoms with E-state index in [9.17, 15) is 13.2 Å². The van der Waals surface area contributed by atoms with Gasteiger partial charge in [0.25, 0.3) is 5.56 Å². The Morgan fingerprint density at radius 1 is 1.05 bits per heavy atom. The maximum Gasteiger partial charge on any atom is 0.279 e. The summed E-state index contributed by atoms with van der Waals surface area (Å²) in [7, 11) is -3.83. The molecular weight excluding hydrogens is 546 g/mol. The van der Waals surface area contributed by atoms with Gasteiger partial charge in [-0.3, -0.25) is 4.79 Å². The van der Waals surface area contributed by atoms with Gasteiger partial charge in [-0.15, -0.1) is 0 Å². The normalized spacial score (nSPS) is 15.2. The van der Waals surface area contributed by atoms with Gasteiger partial charge >= 0.3 is 0 Å². The maximum atomic E-state index is 13.5. The van der Waals surface area contributed by atoms with Crippen LogP contribution in [0.5, 0.6) is 5.88 Å². The number of halogens is 1. The van der Waals surface area contributed by atoms with Crippen LogP contribution in [0.25, 0.3) is 28.2 Å². The second-order valence-corrected chi connectivity index (χ2v) is 11.1. The average molecular weight is 574 g/mol. The summed E-state index contributed by atoms with van der Waals surface area (Å²) < 4.78 is 35.6. The van der Waals surface area contributed by atoms with Crippen LogP contribution >= 0.6 is 11.6 Å². The van der Waals surface area contributed by atoms with Crippen molar-refractivity contribution in [3.63, 3.8) is 0 Å². The molecule has 0 aromatic carbocycles. The molecule has 15 heteroatoms. The highest BCUT2D eigenvalue weighted by atomic mass is 35.5. The zero-order valence-electron chi connectivity index (χ0n) is 21.8. The number of piperazine rings is 1. The Labute approximate surface area is 229 Å². The summed E-state index contributed by atoms with van der Waals surface area (Å²) >= 11 is 6.04. The molecule has 0 atom stereocenters. The smallest absolute Gasteiger partial charge is 0.279 e. The molecule has 0 radical (unpaired) electrons. The lowest BCUT2D eigenvalue weighted by atomic mass is 10.2. The summed E-state index contributed by atoms with van der Waals surface area (Å²) in [5.41, 5.74) is 0.820. The molecule has 4 aromatic rings. The number of aromatic amines is 1. The fraction of sp³-hybridized carbons (Fsp3) is 0.417. The molecule has 5 heterocycles. The third-order valence-corrected chi connectivity index (χ3v) is 8.64. The van der Waals surface area contributed by atoms with Crippen LogP contribution in [0.4, 0.5) is 0 Å². The highest BCUT2D eigenvalue weighted by Crippen LogP contribution is 2.30. The van der Waals surface area contributed by atoms with Crippen LogP contribution in [0.1, 0.15) is 26.5 Å². The van der Waals surface area contributed by atoms with E-state index in [2.05, 4.69) is 29.9 Å². The fourth-order valence-corrected chi connectivity index (χ4v) is 6.06. The summed E-state index contributed by atoms with van der Waals surface area (Å²) in [6.45, 7) is 8.95. The second-order valence-electron chi connectivity index (χ2n) is 8.82. The quantitative estimate of drug-likeness (QED) is 0.309. The summed E-state index contributed by atoms with van der Waals surface area (Å²) in [6.07, 6.45) is 3.06. The fourth-order valence-electron chi connectivity index (χ4n) is 4.53. The van der Waals surface area contributed by atoms with Gasteiger partial charge in [-0.2, -0.15) is 9.40 Å². The largest absolute Gasteiger partial charge is 0.477 e. The molecule has 0 bridgehead atoms. The maximum absolute atomic E-state index is 13.5. The molecule has 1 aliphatic heterocycles. The van der Waals surface area contributed by atoms with E-state index >= 15 is 0 Å². The summed E-state index contributed by atoms with van der Waals surface area (Å²) in [5, 5.41) is 4.65. The zero-order chi connectivity index (χ0) is 27.7. The molecule has 4 aromatic heterocycles. The molecular formula is C24H28ClN9O4S. The van der Waals surface area contributed by atoms with Gasteiger partial charge in [0.2, 0.25) is 15.9 Å². The number of hydrogen-bond donors (Lipinski definition) is 1. The lowest BCUT2D eigenvalue weighted by Gasteiger charge is -2.33. The van der Waals surface area contributed by atoms with Crippen molar-refractivity contribution in [2.75, 3.05) is 39.3 Å². The predicted molar refractivity (Wildman–Crippen MR) is 145 cm³/mol. The Balaban J connectivity index is 1.63.